The Morgan fingerprint density at radius 2 is 1.68 bits per heavy atom. The van der Waals surface area contributed by atoms with Gasteiger partial charge in [0.1, 0.15) is 17.0 Å². The summed E-state index contributed by atoms with van der Waals surface area (Å²) in [6.45, 7) is 0.971. The highest BCUT2D eigenvalue weighted by atomic mass is 35.5. The van der Waals surface area contributed by atoms with Crippen LogP contribution in [0.15, 0.2) is 6.07 Å². The number of rotatable bonds is 0. The molecule has 0 unspecified atom stereocenters. The average molecular weight is 300 g/mol. The lowest BCUT2D eigenvalue weighted by atomic mass is 10.1. The molecule has 0 aliphatic heterocycles. The molecule has 0 atom stereocenters. The van der Waals surface area contributed by atoms with Crippen molar-refractivity contribution in [3.05, 3.63) is 39.8 Å². The van der Waals surface area contributed by atoms with Crippen molar-refractivity contribution in [1.82, 2.24) is 4.98 Å². The minimum Gasteiger partial charge on any atom is -0.240 e. The molecule has 19 heavy (non-hydrogen) atoms. The van der Waals surface area contributed by atoms with Gasteiger partial charge in [-0.2, -0.15) is 13.2 Å². The van der Waals surface area contributed by atoms with Gasteiger partial charge in [0.15, 0.2) is 11.6 Å². The molecular formula is C11H4ClF6N. The van der Waals surface area contributed by atoms with Gasteiger partial charge in [-0.3, -0.25) is 0 Å². The van der Waals surface area contributed by atoms with Crippen LogP contribution in [-0.4, -0.2) is 4.98 Å². The molecule has 0 fully saturated rings. The van der Waals surface area contributed by atoms with E-state index in [9.17, 15) is 26.3 Å². The van der Waals surface area contributed by atoms with E-state index in [0.717, 1.165) is 6.92 Å². The molecule has 0 N–H and O–H groups in total. The summed E-state index contributed by atoms with van der Waals surface area (Å²) >= 11 is 5.60. The third-order valence-corrected chi connectivity index (χ3v) is 3.02. The van der Waals surface area contributed by atoms with Crippen LogP contribution >= 0.6 is 11.6 Å². The van der Waals surface area contributed by atoms with Crippen LogP contribution in [-0.2, 0) is 6.18 Å². The van der Waals surface area contributed by atoms with E-state index in [4.69, 9.17) is 11.6 Å². The molecule has 1 aromatic heterocycles. The Morgan fingerprint density at radius 1 is 1.11 bits per heavy atom. The number of benzene rings is 1. The number of fused-ring (bicyclic) bond motifs is 1. The van der Waals surface area contributed by atoms with Gasteiger partial charge in [0.25, 0.3) is 0 Å². The molecule has 0 aliphatic rings. The first-order valence-corrected chi connectivity index (χ1v) is 5.23. The van der Waals surface area contributed by atoms with Crippen molar-refractivity contribution in [2.45, 2.75) is 13.1 Å². The predicted octanol–water partition coefficient (Wildman–Crippen LogP) is 4.63. The molecule has 1 nitrogen and oxygen atoms in total. The first-order chi connectivity index (χ1) is 8.64. The zero-order valence-corrected chi connectivity index (χ0v) is 9.93. The van der Waals surface area contributed by atoms with Crippen molar-refractivity contribution < 1.29 is 26.3 Å². The fraction of sp³-hybridized carbons (Fsp3) is 0.182. The van der Waals surface area contributed by atoms with Crippen molar-refractivity contribution in [2.75, 3.05) is 0 Å². The smallest absolute Gasteiger partial charge is 0.240 e. The van der Waals surface area contributed by atoms with Crippen LogP contribution < -0.4 is 0 Å². The monoisotopic (exact) mass is 299 g/mol. The standard InChI is InChI=1S/C11H4ClF6N/c1-3-7(12)6-4(13)2-5(14)8(15)9(6)19-10(3)11(16,17)18/h2H,1H3. The minimum atomic E-state index is -4.91. The Kier molecular flexibility index (Phi) is 3.12. The lowest BCUT2D eigenvalue weighted by molar-refractivity contribution is -0.141. The van der Waals surface area contributed by atoms with Crippen LogP contribution in [0, 0.1) is 24.4 Å². The minimum absolute atomic E-state index is 0.206. The fourth-order valence-corrected chi connectivity index (χ4v) is 1.93. The van der Waals surface area contributed by atoms with Crippen molar-refractivity contribution in [2.24, 2.45) is 0 Å². The highest BCUT2D eigenvalue weighted by Crippen LogP contribution is 2.38. The van der Waals surface area contributed by atoms with Crippen LogP contribution in [0.1, 0.15) is 11.3 Å². The quantitative estimate of drug-likeness (QED) is 0.510. The number of hydrogen-bond acceptors (Lipinski definition) is 1. The summed E-state index contributed by atoms with van der Waals surface area (Å²) < 4.78 is 77.9. The molecule has 0 aliphatic carbocycles. The Bertz CT molecular complexity index is 679. The van der Waals surface area contributed by atoms with Crippen LogP contribution in [0.25, 0.3) is 10.9 Å². The summed E-state index contributed by atoms with van der Waals surface area (Å²) in [5, 5.41) is -1.32. The van der Waals surface area contributed by atoms with Gasteiger partial charge in [-0.15, -0.1) is 0 Å². The fourth-order valence-electron chi connectivity index (χ4n) is 1.66. The third-order valence-electron chi connectivity index (χ3n) is 2.54. The number of halogens is 7. The maximum atomic E-state index is 13.5. The van der Waals surface area contributed by atoms with Crippen LogP contribution in [0.3, 0.4) is 0 Å². The van der Waals surface area contributed by atoms with Gasteiger partial charge in [-0.05, 0) is 12.5 Å². The molecule has 1 aromatic carbocycles. The van der Waals surface area contributed by atoms with E-state index in [1.165, 1.54) is 0 Å². The van der Waals surface area contributed by atoms with Gasteiger partial charge < -0.3 is 0 Å². The summed E-state index contributed by atoms with van der Waals surface area (Å²) in [5.74, 6) is -4.59. The van der Waals surface area contributed by atoms with Crippen molar-refractivity contribution in [1.29, 1.82) is 0 Å². The van der Waals surface area contributed by atoms with Gasteiger partial charge in [0.05, 0.1) is 10.4 Å². The summed E-state index contributed by atoms with van der Waals surface area (Å²) in [6.07, 6.45) is -4.91. The SMILES string of the molecule is Cc1c(C(F)(F)F)nc2c(F)c(F)cc(F)c2c1Cl. The van der Waals surface area contributed by atoms with E-state index >= 15 is 0 Å². The third kappa shape index (κ3) is 2.11. The second-order valence-electron chi connectivity index (χ2n) is 3.77. The highest BCUT2D eigenvalue weighted by molar-refractivity contribution is 6.36. The molecule has 2 aromatic rings. The van der Waals surface area contributed by atoms with E-state index in [1.807, 2.05) is 0 Å². The molecule has 0 saturated carbocycles. The average Bonchev–Trinajstić information content (AvgIpc) is 2.27. The summed E-state index contributed by atoms with van der Waals surface area (Å²) in [7, 11) is 0. The Labute approximate surface area is 107 Å². The molecule has 0 radical (unpaired) electrons. The van der Waals surface area contributed by atoms with E-state index in [-0.39, 0.29) is 6.07 Å². The predicted molar refractivity (Wildman–Crippen MR) is 56.4 cm³/mol. The van der Waals surface area contributed by atoms with Crippen LogP contribution in [0.2, 0.25) is 5.02 Å². The Hall–Kier alpha value is -1.50. The Morgan fingerprint density at radius 3 is 2.21 bits per heavy atom. The van der Waals surface area contributed by atoms with Gasteiger partial charge in [0.2, 0.25) is 0 Å². The number of nitrogens with zero attached hydrogens (tertiary/aromatic N) is 1. The number of aromatic nitrogens is 1. The van der Waals surface area contributed by atoms with Gasteiger partial charge in [-0.25, -0.2) is 18.2 Å². The molecule has 2 rings (SSSR count). The van der Waals surface area contributed by atoms with Gasteiger partial charge in [-0.1, -0.05) is 11.6 Å². The number of hydrogen-bond donors (Lipinski definition) is 0. The lowest BCUT2D eigenvalue weighted by Gasteiger charge is -2.13. The van der Waals surface area contributed by atoms with E-state index < -0.39 is 50.8 Å². The first-order valence-electron chi connectivity index (χ1n) is 4.85. The van der Waals surface area contributed by atoms with Gasteiger partial charge in [0, 0.05) is 6.07 Å². The molecule has 1 heterocycles. The maximum Gasteiger partial charge on any atom is 0.433 e. The molecule has 102 valence electrons. The van der Waals surface area contributed by atoms with Crippen molar-refractivity contribution in [3.63, 3.8) is 0 Å². The van der Waals surface area contributed by atoms with E-state index in [2.05, 4.69) is 4.98 Å². The molecule has 8 heteroatoms. The Balaban J connectivity index is 3.01. The maximum absolute atomic E-state index is 13.5. The molecular weight excluding hydrogens is 296 g/mol. The zero-order chi connectivity index (χ0) is 14.5. The number of pyridine rings is 1. The second-order valence-corrected chi connectivity index (χ2v) is 4.15. The first kappa shape index (κ1) is 13.9. The van der Waals surface area contributed by atoms with Crippen LogP contribution in [0.4, 0.5) is 26.3 Å². The summed E-state index contributed by atoms with van der Waals surface area (Å²) in [5.41, 5.74) is -3.11. The molecule has 0 bridgehead atoms. The topological polar surface area (TPSA) is 12.9 Å². The highest BCUT2D eigenvalue weighted by Gasteiger charge is 2.37. The summed E-state index contributed by atoms with van der Waals surface area (Å²) in [4.78, 5) is 2.96. The largest absolute Gasteiger partial charge is 0.433 e. The van der Waals surface area contributed by atoms with E-state index in [0.29, 0.717) is 0 Å². The molecule has 0 amide bonds. The zero-order valence-electron chi connectivity index (χ0n) is 9.17. The van der Waals surface area contributed by atoms with Crippen molar-refractivity contribution in [3.8, 4) is 0 Å². The van der Waals surface area contributed by atoms with Crippen molar-refractivity contribution >= 4 is 22.5 Å². The summed E-state index contributed by atoms with van der Waals surface area (Å²) in [6, 6.07) is 0.206. The van der Waals surface area contributed by atoms with E-state index in [1.54, 1.807) is 0 Å². The van der Waals surface area contributed by atoms with Gasteiger partial charge >= 0.3 is 6.18 Å². The molecule has 0 saturated heterocycles. The van der Waals surface area contributed by atoms with Crippen LogP contribution in [0.5, 0.6) is 0 Å². The normalized spacial score (nSPS) is 12.2. The molecule has 0 spiro atoms. The number of alkyl halides is 3. The second kappa shape index (κ2) is 4.26. The lowest BCUT2D eigenvalue weighted by Crippen LogP contribution is -2.12.